The zero-order valence-electron chi connectivity index (χ0n) is 7.37. The van der Waals surface area contributed by atoms with E-state index in [0.29, 0.717) is 6.42 Å². The molecule has 0 aliphatic rings. The van der Waals surface area contributed by atoms with E-state index < -0.39 is 0 Å². The highest BCUT2D eigenvalue weighted by molar-refractivity contribution is 7.99. The van der Waals surface area contributed by atoms with Gasteiger partial charge in [0.2, 0.25) is 0 Å². The number of halogens is 1. The summed E-state index contributed by atoms with van der Waals surface area (Å²) in [6.07, 6.45) is 0.591. The molecule has 0 heterocycles. The minimum absolute atomic E-state index is 0.0670. The molecule has 0 saturated heterocycles. The third kappa shape index (κ3) is 3.79. The molecule has 1 N–H and O–H groups in total. The minimum Gasteiger partial charge on any atom is -0.392 e. The highest BCUT2D eigenvalue weighted by atomic mass is 32.2. The largest absolute Gasteiger partial charge is 0.392 e. The van der Waals surface area contributed by atoms with E-state index in [1.807, 2.05) is 24.3 Å². The maximum Gasteiger partial charge on any atom is 0.0902 e. The van der Waals surface area contributed by atoms with E-state index in [2.05, 4.69) is 0 Å². The van der Waals surface area contributed by atoms with Crippen LogP contribution in [0.4, 0.5) is 4.39 Å². The van der Waals surface area contributed by atoms with Crippen LogP contribution in [-0.4, -0.2) is 17.5 Å². The highest BCUT2D eigenvalue weighted by Gasteiger charge is 1.95. The lowest BCUT2D eigenvalue weighted by atomic mass is 10.2. The molecule has 13 heavy (non-hydrogen) atoms. The second kappa shape index (κ2) is 6.00. The van der Waals surface area contributed by atoms with Crippen LogP contribution < -0.4 is 0 Å². The van der Waals surface area contributed by atoms with E-state index in [4.69, 9.17) is 5.11 Å². The highest BCUT2D eigenvalue weighted by Crippen LogP contribution is 2.19. The van der Waals surface area contributed by atoms with Crippen LogP contribution in [0, 0.1) is 0 Å². The normalized spacial score (nSPS) is 10.3. The zero-order valence-corrected chi connectivity index (χ0v) is 8.19. The molecule has 0 spiro atoms. The van der Waals surface area contributed by atoms with E-state index in [1.165, 1.54) is 0 Å². The van der Waals surface area contributed by atoms with Crippen molar-refractivity contribution < 1.29 is 9.50 Å². The third-order valence-electron chi connectivity index (χ3n) is 1.63. The van der Waals surface area contributed by atoms with Gasteiger partial charge in [0, 0.05) is 10.6 Å². The predicted molar refractivity (Wildman–Crippen MR) is 53.7 cm³/mol. The van der Waals surface area contributed by atoms with E-state index in [1.54, 1.807) is 11.8 Å². The molecule has 0 aromatic heterocycles. The van der Waals surface area contributed by atoms with Crippen molar-refractivity contribution in [3.05, 3.63) is 29.8 Å². The summed E-state index contributed by atoms with van der Waals surface area (Å²) in [5.74, 6) is 0.797. The molecule has 0 aliphatic heterocycles. The van der Waals surface area contributed by atoms with Crippen molar-refractivity contribution in [3.8, 4) is 0 Å². The summed E-state index contributed by atoms with van der Waals surface area (Å²) in [6, 6.07) is 7.69. The fourth-order valence-electron chi connectivity index (χ4n) is 0.978. The Hall–Kier alpha value is -0.540. The average Bonchev–Trinajstić information content (AvgIpc) is 2.19. The molecule has 0 fully saturated rings. The summed E-state index contributed by atoms with van der Waals surface area (Å²) >= 11 is 1.62. The number of alkyl halides is 1. The van der Waals surface area contributed by atoms with Crippen LogP contribution in [0.1, 0.15) is 12.0 Å². The SMILES string of the molecule is OCc1cccc(SCCCF)c1. The van der Waals surface area contributed by atoms with Gasteiger partial charge in [-0.25, -0.2) is 0 Å². The van der Waals surface area contributed by atoms with Gasteiger partial charge in [-0.3, -0.25) is 4.39 Å². The number of hydrogen-bond acceptors (Lipinski definition) is 2. The summed E-state index contributed by atoms with van der Waals surface area (Å²) in [6.45, 7) is -0.190. The molecule has 0 unspecified atom stereocenters. The number of rotatable bonds is 5. The van der Waals surface area contributed by atoms with Crippen molar-refractivity contribution in [1.82, 2.24) is 0 Å². The fourth-order valence-corrected chi connectivity index (χ4v) is 1.88. The van der Waals surface area contributed by atoms with Crippen molar-refractivity contribution in [1.29, 1.82) is 0 Å². The second-order valence-corrected chi connectivity index (χ2v) is 3.86. The van der Waals surface area contributed by atoms with Crippen LogP contribution in [-0.2, 0) is 6.61 Å². The molecule has 1 rings (SSSR count). The Kier molecular flexibility index (Phi) is 4.86. The maximum absolute atomic E-state index is 11.8. The van der Waals surface area contributed by atoms with Crippen molar-refractivity contribution in [3.63, 3.8) is 0 Å². The molecule has 0 aliphatic carbocycles. The van der Waals surface area contributed by atoms with Crippen molar-refractivity contribution >= 4 is 11.8 Å². The van der Waals surface area contributed by atoms with Gasteiger partial charge < -0.3 is 5.11 Å². The van der Waals surface area contributed by atoms with Crippen LogP contribution >= 0.6 is 11.8 Å². The van der Waals surface area contributed by atoms with Crippen LogP contribution in [0.15, 0.2) is 29.2 Å². The van der Waals surface area contributed by atoms with E-state index in [9.17, 15) is 4.39 Å². The first kappa shape index (κ1) is 10.5. The Morgan fingerprint density at radius 2 is 2.23 bits per heavy atom. The summed E-state index contributed by atoms with van der Waals surface area (Å²) in [7, 11) is 0. The lowest BCUT2D eigenvalue weighted by Crippen LogP contribution is -1.85. The Bertz CT molecular complexity index is 252. The van der Waals surface area contributed by atoms with Crippen LogP contribution in [0.5, 0.6) is 0 Å². The smallest absolute Gasteiger partial charge is 0.0902 e. The Morgan fingerprint density at radius 1 is 1.38 bits per heavy atom. The fraction of sp³-hybridized carbons (Fsp3) is 0.400. The van der Waals surface area contributed by atoms with Gasteiger partial charge in [0.15, 0.2) is 0 Å². The molecule has 1 nitrogen and oxygen atoms in total. The molecule has 0 bridgehead atoms. The lowest BCUT2D eigenvalue weighted by molar-refractivity contribution is 0.281. The van der Waals surface area contributed by atoms with Gasteiger partial charge >= 0.3 is 0 Å². The number of hydrogen-bond donors (Lipinski definition) is 1. The average molecular weight is 200 g/mol. The summed E-state index contributed by atoms with van der Waals surface area (Å²) < 4.78 is 11.8. The molecular weight excluding hydrogens is 187 g/mol. The summed E-state index contributed by atoms with van der Waals surface area (Å²) in [5.41, 5.74) is 0.908. The Morgan fingerprint density at radius 3 is 2.92 bits per heavy atom. The van der Waals surface area contributed by atoms with Crippen molar-refractivity contribution in [2.24, 2.45) is 0 Å². The lowest BCUT2D eigenvalue weighted by Gasteiger charge is -2.01. The molecule has 0 radical (unpaired) electrons. The first-order chi connectivity index (χ1) is 6.36. The number of aliphatic hydroxyl groups is 1. The van der Waals surface area contributed by atoms with Gasteiger partial charge in [0.05, 0.1) is 13.3 Å². The molecule has 0 atom stereocenters. The maximum atomic E-state index is 11.8. The number of benzene rings is 1. The molecule has 1 aromatic rings. The number of aliphatic hydroxyl groups excluding tert-OH is 1. The quantitative estimate of drug-likeness (QED) is 0.582. The van der Waals surface area contributed by atoms with Crippen molar-refractivity contribution in [2.75, 3.05) is 12.4 Å². The first-order valence-electron chi connectivity index (χ1n) is 4.25. The molecule has 3 heteroatoms. The van der Waals surface area contributed by atoms with Gasteiger partial charge in [-0.15, -0.1) is 11.8 Å². The van der Waals surface area contributed by atoms with Gasteiger partial charge in [-0.1, -0.05) is 12.1 Å². The Labute approximate surface area is 82.0 Å². The summed E-state index contributed by atoms with van der Waals surface area (Å²) in [5, 5.41) is 8.86. The van der Waals surface area contributed by atoms with Gasteiger partial charge in [0.1, 0.15) is 0 Å². The molecule has 1 aromatic carbocycles. The third-order valence-corrected chi connectivity index (χ3v) is 2.71. The van der Waals surface area contributed by atoms with Crippen molar-refractivity contribution in [2.45, 2.75) is 17.9 Å². The van der Waals surface area contributed by atoms with Crippen LogP contribution in [0.2, 0.25) is 0 Å². The molecule has 0 amide bonds. The topological polar surface area (TPSA) is 20.2 Å². The molecule has 72 valence electrons. The van der Waals surface area contributed by atoms with E-state index in [0.717, 1.165) is 16.2 Å². The van der Waals surface area contributed by atoms with Gasteiger partial charge in [0.25, 0.3) is 0 Å². The first-order valence-corrected chi connectivity index (χ1v) is 5.24. The second-order valence-electron chi connectivity index (χ2n) is 2.70. The summed E-state index contributed by atoms with van der Waals surface area (Å²) in [4.78, 5) is 1.10. The number of thioether (sulfide) groups is 1. The van der Waals surface area contributed by atoms with E-state index >= 15 is 0 Å². The van der Waals surface area contributed by atoms with Crippen LogP contribution in [0.25, 0.3) is 0 Å². The zero-order chi connectivity index (χ0) is 9.52. The van der Waals surface area contributed by atoms with Gasteiger partial charge in [-0.05, 0) is 24.1 Å². The van der Waals surface area contributed by atoms with E-state index in [-0.39, 0.29) is 13.3 Å². The van der Waals surface area contributed by atoms with Crippen LogP contribution in [0.3, 0.4) is 0 Å². The molecule has 0 saturated carbocycles. The van der Waals surface area contributed by atoms with Gasteiger partial charge in [-0.2, -0.15) is 0 Å². The minimum atomic E-state index is -0.257. The monoisotopic (exact) mass is 200 g/mol. The Balaban J connectivity index is 2.46. The predicted octanol–water partition coefficient (Wildman–Crippen LogP) is 2.63. The molecular formula is C10H13FOS. The standard InChI is InChI=1S/C10H13FOS/c11-5-2-6-13-10-4-1-3-9(7-10)8-12/h1,3-4,7,12H,2,5-6,8H2.